The number of likely N-dealkylation sites (tertiary alicyclic amines) is 1. The molecule has 3 unspecified atom stereocenters. The number of nitrogens with zero attached hydrogens (tertiary/aromatic N) is 1. The fourth-order valence-corrected chi connectivity index (χ4v) is 3.91. The van der Waals surface area contributed by atoms with Crippen LogP contribution < -0.4 is 5.32 Å². The topological polar surface area (TPSA) is 15.3 Å². The van der Waals surface area contributed by atoms with Gasteiger partial charge in [-0.05, 0) is 43.9 Å². The van der Waals surface area contributed by atoms with Crippen molar-refractivity contribution < 1.29 is 13.2 Å². The molecule has 21 heavy (non-hydrogen) atoms. The van der Waals surface area contributed by atoms with Crippen molar-refractivity contribution in [3.05, 3.63) is 0 Å². The Labute approximate surface area is 126 Å². The zero-order valence-corrected chi connectivity index (χ0v) is 13.3. The SMILES string of the molecule is CCCC1CC(NCC(F)(F)F)CN(C(CC)C2CC2)C1. The van der Waals surface area contributed by atoms with E-state index in [1.165, 1.54) is 12.8 Å². The van der Waals surface area contributed by atoms with E-state index in [1.807, 2.05) is 0 Å². The highest BCUT2D eigenvalue weighted by Gasteiger charge is 2.38. The summed E-state index contributed by atoms with van der Waals surface area (Å²) in [6.45, 7) is 5.38. The third-order valence-corrected chi connectivity index (χ3v) is 4.91. The molecule has 2 fully saturated rings. The molecule has 0 spiro atoms. The van der Waals surface area contributed by atoms with Crippen LogP contribution in [0.2, 0.25) is 0 Å². The molecule has 0 bridgehead atoms. The van der Waals surface area contributed by atoms with Crippen molar-refractivity contribution >= 4 is 0 Å². The summed E-state index contributed by atoms with van der Waals surface area (Å²) in [6, 6.07) is 0.574. The third-order valence-electron chi connectivity index (χ3n) is 4.91. The zero-order chi connectivity index (χ0) is 15.5. The van der Waals surface area contributed by atoms with Gasteiger partial charge in [0.25, 0.3) is 0 Å². The number of alkyl halides is 3. The highest BCUT2D eigenvalue weighted by Crippen LogP contribution is 2.38. The van der Waals surface area contributed by atoms with Crippen molar-refractivity contribution in [2.75, 3.05) is 19.6 Å². The highest BCUT2D eigenvalue weighted by atomic mass is 19.4. The van der Waals surface area contributed by atoms with Gasteiger partial charge in [0.2, 0.25) is 0 Å². The van der Waals surface area contributed by atoms with Crippen LogP contribution in [0, 0.1) is 11.8 Å². The van der Waals surface area contributed by atoms with Gasteiger partial charge in [0.15, 0.2) is 0 Å². The molecule has 1 saturated carbocycles. The molecule has 5 heteroatoms. The van der Waals surface area contributed by atoms with Gasteiger partial charge in [0, 0.05) is 25.2 Å². The first-order valence-electron chi connectivity index (χ1n) is 8.47. The first-order valence-corrected chi connectivity index (χ1v) is 8.47. The lowest BCUT2D eigenvalue weighted by molar-refractivity contribution is -0.127. The number of nitrogens with one attached hydrogen (secondary N) is 1. The van der Waals surface area contributed by atoms with Crippen LogP contribution in [0.4, 0.5) is 13.2 Å². The van der Waals surface area contributed by atoms with Gasteiger partial charge in [0.05, 0.1) is 6.54 Å². The average molecular weight is 306 g/mol. The zero-order valence-electron chi connectivity index (χ0n) is 13.3. The maximum absolute atomic E-state index is 12.4. The van der Waals surface area contributed by atoms with Crippen molar-refractivity contribution in [3.63, 3.8) is 0 Å². The maximum Gasteiger partial charge on any atom is 0.401 e. The number of rotatable bonds is 7. The van der Waals surface area contributed by atoms with E-state index in [0.29, 0.717) is 12.0 Å². The molecule has 2 nitrogen and oxygen atoms in total. The molecule has 0 aromatic heterocycles. The minimum Gasteiger partial charge on any atom is -0.305 e. The normalized spacial score (nSPS) is 29.6. The number of hydrogen-bond acceptors (Lipinski definition) is 2. The molecule has 0 aromatic carbocycles. The lowest BCUT2D eigenvalue weighted by Crippen LogP contribution is -2.54. The van der Waals surface area contributed by atoms with Crippen molar-refractivity contribution in [1.82, 2.24) is 10.2 Å². The van der Waals surface area contributed by atoms with E-state index < -0.39 is 12.7 Å². The van der Waals surface area contributed by atoms with Gasteiger partial charge in [-0.15, -0.1) is 0 Å². The first kappa shape index (κ1) is 17.1. The van der Waals surface area contributed by atoms with E-state index in [2.05, 4.69) is 24.1 Å². The van der Waals surface area contributed by atoms with Crippen LogP contribution in [-0.4, -0.2) is 42.8 Å². The predicted molar refractivity (Wildman–Crippen MR) is 79.2 cm³/mol. The summed E-state index contributed by atoms with van der Waals surface area (Å²) in [5, 5.41) is 2.75. The Kier molecular flexibility index (Phi) is 5.95. The Morgan fingerprint density at radius 3 is 2.43 bits per heavy atom. The molecule has 1 saturated heterocycles. The summed E-state index contributed by atoms with van der Waals surface area (Å²) in [7, 11) is 0. The smallest absolute Gasteiger partial charge is 0.305 e. The van der Waals surface area contributed by atoms with E-state index in [1.54, 1.807) is 0 Å². The first-order chi connectivity index (χ1) is 9.93. The molecule has 124 valence electrons. The summed E-state index contributed by atoms with van der Waals surface area (Å²) in [5.74, 6) is 1.33. The predicted octanol–water partition coefficient (Wildman–Crippen LogP) is 3.82. The van der Waals surface area contributed by atoms with Crippen LogP contribution in [0.15, 0.2) is 0 Å². The van der Waals surface area contributed by atoms with Crippen LogP contribution in [0.3, 0.4) is 0 Å². The number of hydrogen-bond donors (Lipinski definition) is 1. The van der Waals surface area contributed by atoms with Gasteiger partial charge in [0.1, 0.15) is 0 Å². The van der Waals surface area contributed by atoms with Crippen LogP contribution in [0.25, 0.3) is 0 Å². The molecule has 0 aromatic rings. The minimum absolute atomic E-state index is 0.00951. The Morgan fingerprint density at radius 2 is 1.90 bits per heavy atom. The van der Waals surface area contributed by atoms with Crippen molar-refractivity contribution in [3.8, 4) is 0 Å². The third kappa shape index (κ3) is 5.44. The quantitative estimate of drug-likeness (QED) is 0.769. The van der Waals surface area contributed by atoms with Gasteiger partial charge >= 0.3 is 6.18 Å². The molecule has 1 heterocycles. The van der Waals surface area contributed by atoms with Crippen LogP contribution in [0.1, 0.15) is 52.4 Å². The van der Waals surface area contributed by atoms with Gasteiger partial charge < -0.3 is 5.32 Å². The molecule has 2 rings (SSSR count). The molecule has 0 radical (unpaired) electrons. The number of piperidine rings is 1. The van der Waals surface area contributed by atoms with Gasteiger partial charge in [-0.3, -0.25) is 4.90 Å². The fourth-order valence-electron chi connectivity index (χ4n) is 3.91. The fraction of sp³-hybridized carbons (Fsp3) is 1.00. The van der Waals surface area contributed by atoms with Gasteiger partial charge in [-0.1, -0.05) is 20.3 Å². The highest BCUT2D eigenvalue weighted by molar-refractivity contribution is 4.93. The molecule has 3 atom stereocenters. The lowest BCUT2D eigenvalue weighted by atomic mass is 9.88. The summed E-state index contributed by atoms with van der Waals surface area (Å²) in [4.78, 5) is 2.48. The van der Waals surface area contributed by atoms with Crippen LogP contribution >= 0.6 is 0 Å². The standard InChI is InChI=1S/C16H29F3N2/c1-3-5-12-8-14(20-11-16(17,18)19)10-21(9-12)15(4-2)13-6-7-13/h12-15,20H,3-11H2,1-2H3. The lowest BCUT2D eigenvalue weighted by Gasteiger charge is -2.42. The summed E-state index contributed by atoms with van der Waals surface area (Å²) in [5.41, 5.74) is 0. The van der Waals surface area contributed by atoms with E-state index in [9.17, 15) is 13.2 Å². The summed E-state index contributed by atoms with van der Waals surface area (Å²) >= 11 is 0. The Bertz CT molecular complexity index is 315. The van der Waals surface area contributed by atoms with Crippen molar-refractivity contribution in [2.45, 2.75) is 70.6 Å². The molecule has 1 N–H and O–H groups in total. The monoisotopic (exact) mass is 306 g/mol. The molecular weight excluding hydrogens is 277 g/mol. The Hall–Kier alpha value is -0.290. The average Bonchev–Trinajstić information content (AvgIpc) is 3.21. The Morgan fingerprint density at radius 1 is 1.19 bits per heavy atom. The Balaban J connectivity index is 1.93. The minimum atomic E-state index is -4.11. The van der Waals surface area contributed by atoms with Gasteiger partial charge in [-0.25, -0.2) is 0 Å². The summed E-state index contributed by atoms with van der Waals surface area (Å²) < 4.78 is 37.3. The largest absolute Gasteiger partial charge is 0.401 e. The van der Waals surface area contributed by atoms with E-state index in [-0.39, 0.29) is 6.04 Å². The second-order valence-electron chi connectivity index (χ2n) is 6.85. The van der Waals surface area contributed by atoms with E-state index >= 15 is 0 Å². The summed E-state index contributed by atoms with van der Waals surface area (Å²) in [6.07, 6.45) is 2.74. The molecule has 0 amide bonds. The molecule has 2 aliphatic rings. The van der Waals surface area contributed by atoms with Crippen LogP contribution in [0.5, 0.6) is 0 Å². The van der Waals surface area contributed by atoms with Crippen molar-refractivity contribution in [2.24, 2.45) is 11.8 Å². The molecular formula is C16H29F3N2. The van der Waals surface area contributed by atoms with E-state index in [4.69, 9.17) is 0 Å². The molecule has 1 aliphatic heterocycles. The number of halogens is 3. The second kappa shape index (κ2) is 7.32. The molecule has 1 aliphatic carbocycles. The maximum atomic E-state index is 12.4. The van der Waals surface area contributed by atoms with Crippen molar-refractivity contribution in [1.29, 1.82) is 0 Å². The van der Waals surface area contributed by atoms with Crippen LogP contribution in [-0.2, 0) is 0 Å². The van der Waals surface area contributed by atoms with E-state index in [0.717, 1.165) is 44.7 Å². The second-order valence-corrected chi connectivity index (χ2v) is 6.85. The van der Waals surface area contributed by atoms with Gasteiger partial charge in [-0.2, -0.15) is 13.2 Å².